The average molecular weight is 270 g/mol. The molecule has 0 bridgehead atoms. The molecule has 20 heavy (non-hydrogen) atoms. The number of hydrogen-bond donors (Lipinski definition) is 1. The molecule has 3 rings (SSSR count). The third-order valence-electron chi connectivity index (χ3n) is 3.08. The first-order valence-corrected chi connectivity index (χ1v) is 6.14. The van der Waals surface area contributed by atoms with Crippen molar-refractivity contribution < 1.29 is 9.47 Å². The molecule has 2 aromatic heterocycles. The van der Waals surface area contributed by atoms with E-state index in [0.29, 0.717) is 11.8 Å². The van der Waals surface area contributed by atoms with Crippen molar-refractivity contribution in [3.05, 3.63) is 30.0 Å². The fraction of sp³-hybridized carbons (Fsp3) is 0.214. The molecule has 6 nitrogen and oxygen atoms in total. The van der Waals surface area contributed by atoms with E-state index >= 15 is 0 Å². The van der Waals surface area contributed by atoms with E-state index in [-0.39, 0.29) is 0 Å². The second-order valence-corrected chi connectivity index (χ2v) is 4.33. The summed E-state index contributed by atoms with van der Waals surface area (Å²) in [6, 6.07) is 8.07. The molecule has 102 valence electrons. The molecule has 0 aliphatic carbocycles. The van der Waals surface area contributed by atoms with E-state index in [9.17, 15) is 0 Å². The molecule has 6 heteroatoms. The maximum Gasteiger partial charge on any atom is 0.335 e. The zero-order chi connectivity index (χ0) is 14.1. The predicted octanol–water partition coefficient (Wildman–Crippen LogP) is 2.35. The molecule has 0 amide bonds. The van der Waals surface area contributed by atoms with Gasteiger partial charge >= 0.3 is 6.01 Å². The minimum atomic E-state index is 0.309. The number of H-pyrrole nitrogens is 1. The summed E-state index contributed by atoms with van der Waals surface area (Å²) in [5.74, 6) is 1.37. The molecule has 0 saturated heterocycles. The number of rotatable bonds is 3. The highest BCUT2D eigenvalue weighted by Crippen LogP contribution is 2.32. The van der Waals surface area contributed by atoms with Crippen molar-refractivity contribution in [1.29, 1.82) is 0 Å². The van der Waals surface area contributed by atoms with Crippen molar-refractivity contribution >= 4 is 10.9 Å². The number of nitrogens with one attached hydrogen (secondary N) is 1. The van der Waals surface area contributed by atoms with Crippen LogP contribution in [0.15, 0.2) is 24.3 Å². The quantitative estimate of drug-likeness (QED) is 0.790. The van der Waals surface area contributed by atoms with Crippen LogP contribution in [0, 0.1) is 6.92 Å². The lowest BCUT2D eigenvalue weighted by Gasteiger charge is -2.08. The highest BCUT2D eigenvalue weighted by Gasteiger charge is 2.13. The number of benzene rings is 1. The minimum Gasteiger partial charge on any atom is -0.494 e. The fourth-order valence-corrected chi connectivity index (χ4v) is 2.12. The summed E-state index contributed by atoms with van der Waals surface area (Å²) in [5, 5.41) is 7.78. The van der Waals surface area contributed by atoms with E-state index in [1.54, 1.807) is 7.11 Å². The Labute approximate surface area is 115 Å². The standard InChI is InChI=1S/C14H14N4O2/c1-8-4-5-9-10(13-16-14(20-3)18-17-13)6-7-11(19-2)12(9)15-8/h4-7H,1-3H3,(H,16,17,18). The number of aromatic amines is 1. The van der Waals surface area contributed by atoms with E-state index in [1.807, 2.05) is 31.2 Å². The molecule has 2 heterocycles. The summed E-state index contributed by atoms with van der Waals surface area (Å²) < 4.78 is 10.4. The largest absolute Gasteiger partial charge is 0.494 e. The van der Waals surface area contributed by atoms with Crippen LogP contribution >= 0.6 is 0 Å². The Kier molecular flexibility index (Phi) is 2.98. The molecule has 3 aromatic rings. The molecule has 1 aromatic carbocycles. The molecule has 0 radical (unpaired) electrons. The molecular formula is C14H14N4O2. The van der Waals surface area contributed by atoms with Crippen LogP contribution in [0.2, 0.25) is 0 Å². The maximum atomic E-state index is 5.37. The van der Waals surface area contributed by atoms with Crippen LogP contribution in [0.25, 0.3) is 22.3 Å². The van der Waals surface area contributed by atoms with Gasteiger partial charge in [-0.2, -0.15) is 4.98 Å². The first-order valence-electron chi connectivity index (χ1n) is 6.14. The molecule has 0 fully saturated rings. The van der Waals surface area contributed by atoms with Gasteiger partial charge in [0.2, 0.25) is 0 Å². The van der Waals surface area contributed by atoms with Gasteiger partial charge in [-0.3, -0.25) is 5.10 Å². The first-order chi connectivity index (χ1) is 9.72. The number of aromatic nitrogens is 4. The molecular weight excluding hydrogens is 256 g/mol. The lowest BCUT2D eigenvalue weighted by atomic mass is 10.1. The zero-order valence-corrected chi connectivity index (χ0v) is 11.5. The van der Waals surface area contributed by atoms with Crippen molar-refractivity contribution in [2.45, 2.75) is 6.92 Å². The molecule has 0 saturated carbocycles. The van der Waals surface area contributed by atoms with Crippen LogP contribution < -0.4 is 9.47 Å². The molecule has 0 aliphatic heterocycles. The van der Waals surface area contributed by atoms with Crippen molar-refractivity contribution in [3.63, 3.8) is 0 Å². The minimum absolute atomic E-state index is 0.309. The van der Waals surface area contributed by atoms with Gasteiger partial charge in [-0.15, -0.1) is 5.10 Å². The third kappa shape index (κ3) is 1.95. The molecule has 0 aliphatic rings. The smallest absolute Gasteiger partial charge is 0.335 e. The summed E-state index contributed by atoms with van der Waals surface area (Å²) in [6.07, 6.45) is 0. The molecule has 0 atom stereocenters. The summed E-state index contributed by atoms with van der Waals surface area (Å²) in [5.41, 5.74) is 2.65. The molecule has 1 N–H and O–H groups in total. The van der Waals surface area contributed by atoms with E-state index in [2.05, 4.69) is 20.2 Å². The second-order valence-electron chi connectivity index (χ2n) is 4.33. The second kappa shape index (κ2) is 4.80. The predicted molar refractivity (Wildman–Crippen MR) is 75.0 cm³/mol. The van der Waals surface area contributed by atoms with Crippen molar-refractivity contribution in [2.75, 3.05) is 14.2 Å². The third-order valence-corrected chi connectivity index (χ3v) is 3.08. The Morgan fingerprint density at radius 2 is 1.85 bits per heavy atom. The number of ether oxygens (including phenoxy) is 2. The summed E-state index contributed by atoms with van der Waals surface area (Å²) >= 11 is 0. The van der Waals surface area contributed by atoms with Crippen molar-refractivity contribution in [2.24, 2.45) is 0 Å². The van der Waals surface area contributed by atoms with Crippen LogP contribution in [0.4, 0.5) is 0 Å². The fourth-order valence-electron chi connectivity index (χ4n) is 2.12. The number of methoxy groups -OCH3 is 2. The average Bonchev–Trinajstić information content (AvgIpc) is 2.94. The monoisotopic (exact) mass is 270 g/mol. The lowest BCUT2D eigenvalue weighted by Crippen LogP contribution is -1.92. The van der Waals surface area contributed by atoms with E-state index in [4.69, 9.17) is 9.47 Å². The van der Waals surface area contributed by atoms with Gasteiger partial charge in [0, 0.05) is 16.6 Å². The van der Waals surface area contributed by atoms with Crippen LogP contribution in [0.3, 0.4) is 0 Å². The normalized spacial score (nSPS) is 10.8. The number of fused-ring (bicyclic) bond motifs is 1. The summed E-state index contributed by atoms with van der Waals surface area (Å²) in [6.45, 7) is 1.95. The van der Waals surface area contributed by atoms with Crippen LogP contribution in [-0.4, -0.2) is 34.4 Å². The van der Waals surface area contributed by atoms with Gasteiger partial charge in [0.1, 0.15) is 11.3 Å². The maximum absolute atomic E-state index is 5.37. The van der Waals surface area contributed by atoms with Crippen molar-refractivity contribution in [1.82, 2.24) is 20.2 Å². The summed E-state index contributed by atoms with van der Waals surface area (Å²) in [7, 11) is 3.17. The van der Waals surface area contributed by atoms with Gasteiger partial charge in [0.15, 0.2) is 5.82 Å². The van der Waals surface area contributed by atoms with Crippen LogP contribution in [-0.2, 0) is 0 Å². The highest BCUT2D eigenvalue weighted by atomic mass is 16.5. The van der Waals surface area contributed by atoms with Gasteiger partial charge in [-0.1, -0.05) is 6.07 Å². The Bertz CT molecular complexity index is 767. The SMILES string of the molecule is COc1n[nH]c(-c2ccc(OC)c3nc(C)ccc23)n1. The van der Waals surface area contributed by atoms with Crippen LogP contribution in [0.1, 0.15) is 5.69 Å². The van der Waals surface area contributed by atoms with E-state index in [1.165, 1.54) is 7.11 Å². The Morgan fingerprint density at radius 1 is 1.00 bits per heavy atom. The summed E-state index contributed by atoms with van der Waals surface area (Å²) in [4.78, 5) is 8.81. The van der Waals surface area contributed by atoms with Gasteiger partial charge in [-0.05, 0) is 25.1 Å². The number of nitrogens with zero attached hydrogens (tertiary/aromatic N) is 3. The van der Waals surface area contributed by atoms with E-state index in [0.717, 1.165) is 27.9 Å². The lowest BCUT2D eigenvalue weighted by molar-refractivity contribution is 0.382. The van der Waals surface area contributed by atoms with Gasteiger partial charge < -0.3 is 9.47 Å². The molecule has 0 unspecified atom stereocenters. The number of aryl methyl sites for hydroxylation is 1. The van der Waals surface area contributed by atoms with Crippen molar-refractivity contribution in [3.8, 4) is 23.1 Å². The van der Waals surface area contributed by atoms with Gasteiger partial charge in [-0.25, -0.2) is 4.98 Å². The van der Waals surface area contributed by atoms with Gasteiger partial charge in [0.05, 0.1) is 14.2 Å². The zero-order valence-electron chi connectivity index (χ0n) is 11.5. The topological polar surface area (TPSA) is 72.9 Å². The highest BCUT2D eigenvalue weighted by molar-refractivity contribution is 5.96. The first kappa shape index (κ1) is 12.4. The van der Waals surface area contributed by atoms with Gasteiger partial charge in [0.25, 0.3) is 0 Å². The number of pyridine rings is 1. The Balaban J connectivity index is 2.26. The Morgan fingerprint density at radius 3 is 2.55 bits per heavy atom. The van der Waals surface area contributed by atoms with Crippen LogP contribution in [0.5, 0.6) is 11.8 Å². The number of hydrogen-bond acceptors (Lipinski definition) is 5. The Hall–Kier alpha value is -2.63. The van der Waals surface area contributed by atoms with E-state index < -0.39 is 0 Å². The molecule has 0 spiro atoms.